The fourth-order valence-electron chi connectivity index (χ4n) is 1.98. The van der Waals surface area contributed by atoms with Crippen LogP contribution in [0.25, 0.3) is 0 Å². The molecule has 4 nitrogen and oxygen atoms in total. The van der Waals surface area contributed by atoms with E-state index in [0.29, 0.717) is 5.92 Å². The first-order valence-electron chi connectivity index (χ1n) is 6.45. The molecule has 0 radical (unpaired) electrons. The number of benzene rings is 1. The maximum absolute atomic E-state index is 13.2. The van der Waals surface area contributed by atoms with Crippen LogP contribution in [0.3, 0.4) is 0 Å². The number of hydrogen-bond acceptors (Lipinski definition) is 3. The number of nitrogens with two attached hydrogens (primary N) is 1. The Bertz CT molecular complexity index is 657. The third-order valence-corrected chi connectivity index (χ3v) is 4.84. The normalized spacial score (nSPS) is 16.4. The first-order chi connectivity index (χ1) is 9.44. The van der Waals surface area contributed by atoms with Gasteiger partial charge in [0, 0.05) is 11.6 Å². The maximum Gasteiger partial charge on any atom is 0.242 e. The lowest BCUT2D eigenvalue weighted by atomic mass is 10.2. The average molecular weight is 296 g/mol. The summed E-state index contributed by atoms with van der Waals surface area (Å²) in [6, 6.07) is 3.33. The Hall–Kier alpha value is -1.42. The van der Waals surface area contributed by atoms with Gasteiger partial charge in [-0.3, -0.25) is 0 Å². The molecular formula is C14H17FN2O2S. The monoisotopic (exact) mass is 296 g/mol. The Kier molecular flexibility index (Phi) is 4.43. The van der Waals surface area contributed by atoms with Gasteiger partial charge in [0.1, 0.15) is 5.82 Å². The van der Waals surface area contributed by atoms with E-state index in [0.717, 1.165) is 25.0 Å². The Morgan fingerprint density at radius 3 is 2.80 bits per heavy atom. The molecule has 108 valence electrons. The van der Waals surface area contributed by atoms with Gasteiger partial charge in [-0.15, -0.1) is 0 Å². The summed E-state index contributed by atoms with van der Waals surface area (Å²) in [5, 5.41) is 0. The van der Waals surface area contributed by atoms with Crippen molar-refractivity contribution in [1.29, 1.82) is 0 Å². The standard InChI is InChI=1S/C14H17FN2O2S/c1-10(11-4-5-11)17-20(18,19)14-7-6-13(15)9-12(14)3-2-8-16/h6-7,9-11,17H,4-5,8,16H2,1H3. The zero-order valence-corrected chi connectivity index (χ0v) is 12.0. The molecule has 1 unspecified atom stereocenters. The van der Waals surface area contributed by atoms with Crippen LogP contribution in [0.5, 0.6) is 0 Å². The highest BCUT2D eigenvalue weighted by molar-refractivity contribution is 7.89. The molecule has 1 atom stereocenters. The minimum absolute atomic E-state index is 0.00708. The highest BCUT2D eigenvalue weighted by Crippen LogP contribution is 2.33. The minimum Gasteiger partial charge on any atom is -0.320 e. The van der Waals surface area contributed by atoms with Crippen molar-refractivity contribution in [3.63, 3.8) is 0 Å². The topological polar surface area (TPSA) is 72.2 Å². The van der Waals surface area contributed by atoms with Crippen molar-refractivity contribution in [2.75, 3.05) is 6.54 Å². The molecule has 1 saturated carbocycles. The molecule has 0 aliphatic heterocycles. The van der Waals surface area contributed by atoms with E-state index in [-0.39, 0.29) is 23.0 Å². The average Bonchev–Trinajstić information content (AvgIpc) is 3.19. The van der Waals surface area contributed by atoms with E-state index < -0.39 is 15.8 Å². The van der Waals surface area contributed by atoms with E-state index in [4.69, 9.17) is 5.73 Å². The van der Waals surface area contributed by atoms with Crippen molar-refractivity contribution in [3.05, 3.63) is 29.6 Å². The van der Waals surface area contributed by atoms with Crippen LogP contribution in [0.1, 0.15) is 25.3 Å². The number of halogens is 1. The lowest BCUT2D eigenvalue weighted by Crippen LogP contribution is -2.34. The fourth-order valence-corrected chi connectivity index (χ4v) is 3.44. The quantitative estimate of drug-likeness (QED) is 0.820. The van der Waals surface area contributed by atoms with Crippen molar-refractivity contribution in [2.24, 2.45) is 11.7 Å². The van der Waals surface area contributed by atoms with Crippen LogP contribution < -0.4 is 10.5 Å². The van der Waals surface area contributed by atoms with Gasteiger partial charge < -0.3 is 5.73 Å². The summed E-state index contributed by atoms with van der Waals surface area (Å²) >= 11 is 0. The molecule has 1 aliphatic carbocycles. The Morgan fingerprint density at radius 1 is 1.50 bits per heavy atom. The first-order valence-corrected chi connectivity index (χ1v) is 7.93. The molecule has 0 saturated heterocycles. The molecule has 1 fully saturated rings. The van der Waals surface area contributed by atoms with Crippen LogP contribution in [0, 0.1) is 23.6 Å². The molecule has 1 aromatic rings. The van der Waals surface area contributed by atoms with Gasteiger partial charge in [-0.25, -0.2) is 17.5 Å². The molecule has 6 heteroatoms. The summed E-state index contributed by atoms with van der Waals surface area (Å²) in [5.74, 6) is 5.02. The van der Waals surface area contributed by atoms with Crippen molar-refractivity contribution in [1.82, 2.24) is 4.72 Å². The van der Waals surface area contributed by atoms with E-state index in [2.05, 4.69) is 16.6 Å². The summed E-state index contributed by atoms with van der Waals surface area (Å²) in [4.78, 5) is -0.00708. The van der Waals surface area contributed by atoms with Gasteiger partial charge in [0.2, 0.25) is 10.0 Å². The molecule has 0 spiro atoms. The predicted molar refractivity (Wildman–Crippen MR) is 74.8 cm³/mol. The Balaban J connectivity index is 2.34. The second-order valence-corrected chi connectivity index (χ2v) is 6.58. The molecule has 20 heavy (non-hydrogen) atoms. The molecule has 0 aromatic heterocycles. The molecule has 2 rings (SSSR count). The van der Waals surface area contributed by atoms with E-state index in [1.54, 1.807) is 0 Å². The van der Waals surface area contributed by atoms with Gasteiger partial charge in [0.25, 0.3) is 0 Å². The van der Waals surface area contributed by atoms with Crippen LogP contribution in [0.15, 0.2) is 23.1 Å². The van der Waals surface area contributed by atoms with Crippen LogP contribution in [0.2, 0.25) is 0 Å². The zero-order chi connectivity index (χ0) is 14.8. The molecule has 0 amide bonds. The van der Waals surface area contributed by atoms with Gasteiger partial charge in [-0.05, 0) is 43.9 Å². The first kappa shape index (κ1) is 15.0. The maximum atomic E-state index is 13.2. The number of nitrogens with one attached hydrogen (secondary N) is 1. The lowest BCUT2D eigenvalue weighted by Gasteiger charge is -2.14. The minimum atomic E-state index is -3.70. The Labute approximate surface area is 118 Å². The van der Waals surface area contributed by atoms with Crippen molar-refractivity contribution >= 4 is 10.0 Å². The predicted octanol–water partition coefficient (Wildman–Crippen LogP) is 1.21. The fraction of sp³-hybridized carbons (Fsp3) is 0.429. The summed E-state index contributed by atoms with van der Waals surface area (Å²) in [6.07, 6.45) is 2.07. The molecule has 1 aromatic carbocycles. The van der Waals surface area contributed by atoms with Crippen LogP contribution in [0.4, 0.5) is 4.39 Å². The van der Waals surface area contributed by atoms with Gasteiger partial charge in [-0.1, -0.05) is 11.8 Å². The highest BCUT2D eigenvalue weighted by atomic mass is 32.2. The smallest absolute Gasteiger partial charge is 0.242 e. The lowest BCUT2D eigenvalue weighted by molar-refractivity contribution is 0.537. The van der Waals surface area contributed by atoms with E-state index in [1.807, 2.05) is 6.92 Å². The van der Waals surface area contributed by atoms with Gasteiger partial charge in [0.05, 0.1) is 11.4 Å². The van der Waals surface area contributed by atoms with Crippen LogP contribution >= 0.6 is 0 Å². The van der Waals surface area contributed by atoms with E-state index in [9.17, 15) is 12.8 Å². The van der Waals surface area contributed by atoms with Gasteiger partial charge in [0.15, 0.2) is 0 Å². The summed E-state index contributed by atoms with van der Waals surface area (Å²) in [5.41, 5.74) is 5.40. The summed E-state index contributed by atoms with van der Waals surface area (Å²) in [6.45, 7) is 1.92. The van der Waals surface area contributed by atoms with Crippen LogP contribution in [-0.4, -0.2) is 21.0 Å². The third kappa shape index (κ3) is 3.57. The highest BCUT2D eigenvalue weighted by Gasteiger charge is 2.31. The largest absolute Gasteiger partial charge is 0.320 e. The number of hydrogen-bond donors (Lipinski definition) is 2. The number of sulfonamides is 1. The number of rotatable bonds is 4. The molecule has 0 heterocycles. The second-order valence-electron chi connectivity index (χ2n) is 4.89. The molecular weight excluding hydrogens is 279 g/mol. The van der Waals surface area contributed by atoms with Crippen molar-refractivity contribution in [2.45, 2.75) is 30.7 Å². The zero-order valence-electron chi connectivity index (χ0n) is 11.2. The Morgan fingerprint density at radius 2 is 2.20 bits per heavy atom. The van der Waals surface area contributed by atoms with Gasteiger partial charge >= 0.3 is 0 Å². The SMILES string of the molecule is CC(NS(=O)(=O)c1ccc(F)cc1C#CCN)C1CC1. The van der Waals surface area contributed by atoms with E-state index in [1.165, 1.54) is 6.07 Å². The van der Waals surface area contributed by atoms with E-state index >= 15 is 0 Å². The second kappa shape index (κ2) is 5.92. The van der Waals surface area contributed by atoms with Crippen molar-refractivity contribution < 1.29 is 12.8 Å². The molecule has 3 N–H and O–H groups in total. The third-order valence-electron chi connectivity index (χ3n) is 3.23. The van der Waals surface area contributed by atoms with Crippen molar-refractivity contribution in [3.8, 4) is 11.8 Å². The van der Waals surface area contributed by atoms with Crippen LogP contribution in [-0.2, 0) is 10.0 Å². The molecule has 1 aliphatic rings. The molecule has 0 bridgehead atoms. The van der Waals surface area contributed by atoms with Gasteiger partial charge in [-0.2, -0.15) is 0 Å². The summed E-state index contributed by atoms with van der Waals surface area (Å²) < 4.78 is 40.5. The summed E-state index contributed by atoms with van der Waals surface area (Å²) in [7, 11) is -3.70.